The molecule has 0 amide bonds. The molecular weight excluding hydrogens is 250 g/mol. The van der Waals surface area contributed by atoms with Crippen LogP contribution in [0.2, 0.25) is 0 Å². The summed E-state index contributed by atoms with van der Waals surface area (Å²) in [5, 5.41) is 0. The van der Waals surface area contributed by atoms with Crippen molar-refractivity contribution in [1.82, 2.24) is 4.47 Å². The van der Waals surface area contributed by atoms with E-state index < -0.39 is 10.0 Å². The lowest BCUT2D eigenvalue weighted by molar-refractivity contribution is -0.0259. The van der Waals surface area contributed by atoms with Gasteiger partial charge in [-0.1, -0.05) is 4.47 Å². The molecule has 0 radical (unpaired) electrons. The van der Waals surface area contributed by atoms with Crippen molar-refractivity contribution in [2.45, 2.75) is 39.5 Å². The average Bonchev–Trinajstić information content (AvgIpc) is 2.32. The van der Waals surface area contributed by atoms with Gasteiger partial charge >= 0.3 is 0 Å². The van der Waals surface area contributed by atoms with Crippen molar-refractivity contribution in [1.29, 1.82) is 0 Å². The van der Waals surface area contributed by atoms with Crippen LogP contribution in [0.1, 0.15) is 27.8 Å². The van der Waals surface area contributed by atoms with E-state index in [1.54, 1.807) is 0 Å². The van der Waals surface area contributed by atoms with Gasteiger partial charge in [-0.15, -0.1) is 0 Å². The van der Waals surface area contributed by atoms with Crippen LogP contribution >= 0.6 is 0 Å². The molecule has 0 bridgehead atoms. The Bertz CT molecular complexity index is 547. The van der Waals surface area contributed by atoms with Gasteiger partial charge in [0.1, 0.15) is 0 Å². The van der Waals surface area contributed by atoms with Crippen LogP contribution in [0.15, 0.2) is 4.90 Å². The first kappa shape index (κ1) is 15.1. The summed E-state index contributed by atoms with van der Waals surface area (Å²) in [6, 6.07) is 0. The largest absolute Gasteiger partial charge is 0.288 e. The van der Waals surface area contributed by atoms with Gasteiger partial charge in [-0.05, 0) is 62.4 Å². The Labute approximate surface area is 110 Å². The van der Waals surface area contributed by atoms with Gasteiger partial charge in [0, 0.05) is 7.05 Å². The van der Waals surface area contributed by atoms with Gasteiger partial charge in [0.15, 0.2) is 0 Å². The second-order valence-corrected chi connectivity index (χ2v) is 6.42. The molecule has 1 rings (SSSR count). The number of hydrogen-bond acceptors (Lipinski definition) is 3. The molecule has 0 heterocycles. The highest BCUT2D eigenvalue weighted by Gasteiger charge is 2.27. The lowest BCUT2D eigenvalue weighted by Gasteiger charge is -2.22. The van der Waals surface area contributed by atoms with Gasteiger partial charge in [0.05, 0.1) is 12.0 Å². The van der Waals surface area contributed by atoms with E-state index in [0.29, 0.717) is 4.90 Å². The summed E-state index contributed by atoms with van der Waals surface area (Å²) in [6.45, 7) is 9.59. The molecule has 0 atom stereocenters. The van der Waals surface area contributed by atoms with Crippen molar-refractivity contribution in [2.24, 2.45) is 0 Å². The SMILES string of the molecule is CON(C)S(=O)(=O)c1c(C)c(C)c(C)c(C)c1C. The van der Waals surface area contributed by atoms with E-state index in [4.69, 9.17) is 4.84 Å². The second-order valence-electron chi connectivity index (χ2n) is 4.55. The van der Waals surface area contributed by atoms with Crippen molar-refractivity contribution >= 4 is 10.0 Å². The third-order valence-corrected chi connectivity index (χ3v) is 5.74. The zero-order valence-electron chi connectivity index (χ0n) is 12.1. The van der Waals surface area contributed by atoms with Crippen LogP contribution in [0.25, 0.3) is 0 Å². The molecule has 18 heavy (non-hydrogen) atoms. The number of nitrogens with zero attached hydrogens (tertiary/aromatic N) is 1. The Kier molecular flexibility index (Phi) is 4.20. The summed E-state index contributed by atoms with van der Waals surface area (Å²) in [4.78, 5) is 5.19. The quantitative estimate of drug-likeness (QED) is 0.793. The third kappa shape index (κ3) is 2.18. The molecular formula is C13H21NO3S. The van der Waals surface area contributed by atoms with E-state index in [1.165, 1.54) is 14.2 Å². The summed E-state index contributed by atoms with van der Waals surface area (Å²) < 4.78 is 25.7. The van der Waals surface area contributed by atoms with Crippen molar-refractivity contribution in [2.75, 3.05) is 14.2 Å². The molecule has 0 N–H and O–H groups in total. The van der Waals surface area contributed by atoms with Gasteiger partial charge in [0.25, 0.3) is 10.0 Å². The predicted octanol–water partition coefficient (Wildman–Crippen LogP) is 2.41. The van der Waals surface area contributed by atoms with Crippen LogP contribution in [-0.2, 0) is 14.9 Å². The van der Waals surface area contributed by atoms with Crippen LogP contribution in [0, 0.1) is 34.6 Å². The molecule has 1 aromatic rings. The van der Waals surface area contributed by atoms with E-state index in [1.807, 2.05) is 34.6 Å². The maximum atomic E-state index is 12.4. The van der Waals surface area contributed by atoms with Crippen LogP contribution in [0.3, 0.4) is 0 Å². The Morgan fingerprint density at radius 2 is 1.17 bits per heavy atom. The maximum Gasteiger partial charge on any atom is 0.265 e. The fraction of sp³-hybridized carbons (Fsp3) is 0.538. The van der Waals surface area contributed by atoms with E-state index in [9.17, 15) is 8.42 Å². The van der Waals surface area contributed by atoms with E-state index in [0.717, 1.165) is 32.3 Å². The van der Waals surface area contributed by atoms with Gasteiger partial charge in [-0.3, -0.25) is 4.84 Å². The average molecular weight is 271 g/mol. The highest BCUT2D eigenvalue weighted by Crippen LogP contribution is 2.30. The Balaban J connectivity index is 3.73. The van der Waals surface area contributed by atoms with Crippen molar-refractivity contribution in [3.05, 3.63) is 27.8 Å². The first-order valence-electron chi connectivity index (χ1n) is 5.76. The highest BCUT2D eigenvalue weighted by molar-refractivity contribution is 7.89. The topological polar surface area (TPSA) is 46.6 Å². The number of sulfonamides is 1. The van der Waals surface area contributed by atoms with E-state index in [2.05, 4.69) is 0 Å². The molecule has 0 saturated heterocycles. The van der Waals surface area contributed by atoms with Crippen molar-refractivity contribution < 1.29 is 13.3 Å². The molecule has 0 fully saturated rings. The Morgan fingerprint density at radius 3 is 1.50 bits per heavy atom. The van der Waals surface area contributed by atoms with Crippen molar-refractivity contribution in [3.8, 4) is 0 Å². The zero-order valence-corrected chi connectivity index (χ0v) is 12.9. The molecule has 5 heteroatoms. The number of benzene rings is 1. The molecule has 0 aliphatic heterocycles. The second kappa shape index (κ2) is 4.99. The molecule has 0 aliphatic carbocycles. The summed E-state index contributed by atoms with van der Waals surface area (Å²) in [5.41, 5.74) is 4.75. The minimum Gasteiger partial charge on any atom is -0.288 e. The fourth-order valence-corrected chi connectivity index (χ4v) is 3.61. The molecule has 4 nitrogen and oxygen atoms in total. The van der Waals surface area contributed by atoms with E-state index >= 15 is 0 Å². The summed E-state index contributed by atoms with van der Waals surface area (Å²) in [5.74, 6) is 0. The monoisotopic (exact) mass is 271 g/mol. The summed E-state index contributed by atoms with van der Waals surface area (Å²) in [7, 11) is -0.856. The van der Waals surface area contributed by atoms with Crippen LogP contribution in [-0.4, -0.2) is 27.0 Å². The minimum atomic E-state index is -3.60. The first-order valence-corrected chi connectivity index (χ1v) is 7.20. The third-order valence-electron chi connectivity index (χ3n) is 3.78. The molecule has 0 spiro atoms. The van der Waals surface area contributed by atoms with Gasteiger partial charge in [-0.2, -0.15) is 0 Å². The molecule has 0 saturated carbocycles. The zero-order chi connectivity index (χ0) is 14.2. The van der Waals surface area contributed by atoms with Gasteiger partial charge in [-0.25, -0.2) is 8.42 Å². The lowest BCUT2D eigenvalue weighted by Crippen LogP contribution is -2.27. The normalized spacial score (nSPS) is 12.2. The van der Waals surface area contributed by atoms with Crippen LogP contribution < -0.4 is 0 Å². The highest BCUT2D eigenvalue weighted by atomic mass is 32.2. The Hall–Kier alpha value is -0.910. The number of hydrogen-bond donors (Lipinski definition) is 0. The molecule has 0 aromatic heterocycles. The van der Waals surface area contributed by atoms with Crippen molar-refractivity contribution in [3.63, 3.8) is 0 Å². The minimum absolute atomic E-state index is 0.354. The van der Waals surface area contributed by atoms with Crippen LogP contribution in [0.5, 0.6) is 0 Å². The number of hydroxylamine groups is 1. The fourth-order valence-electron chi connectivity index (χ4n) is 2.08. The molecule has 102 valence electrons. The number of rotatable bonds is 3. The predicted molar refractivity (Wildman–Crippen MR) is 72.1 cm³/mol. The van der Waals surface area contributed by atoms with E-state index in [-0.39, 0.29) is 0 Å². The van der Waals surface area contributed by atoms with Gasteiger partial charge < -0.3 is 0 Å². The maximum absolute atomic E-state index is 12.4. The first-order chi connectivity index (χ1) is 8.16. The molecule has 0 aliphatic rings. The smallest absolute Gasteiger partial charge is 0.265 e. The van der Waals surface area contributed by atoms with Crippen LogP contribution in [0.4, 0.5) is 0 Å². The van der Waals surface area contributed by atoms with Gasteiger partial charge in [0.2, 0.25) is 0 Å². The summed E-state index contributed by atoms with van der Waals surface area (Å²) >= 11 is 0. The standard InChI is InChI=1S/C13H21NO3S/c1-8-9(2)11(4)13(12(5)10(8)3)18(15,16)14(6)17-7/h1-7H3. The summed E-state index contributed by atoms with van der Waals surface area (Å²) in [6.07, 6.45) is 0. The molecule has 1 aromatic carbocycles. The Morgan fingerprint density at radius 1 is 0.833 bits per heavy atom. The lowest BCUT2D eigenvalue weighted by atomic mass is 9.95. The molecule has 0 unspecified atom stereocenters.